The lowest BCUT2D eigenvalue weighted by Gasteiger charge is -2.43. The molecule has 6 nitrogen and oxygen atoms in total. The average molecular weight is 532 g/mol. The van der Waals surface area contributed by atoms with E-state index in [4.69, 9.17) is 35.8 Å². The molecule has 184 valence electrons. The van der Waals surface area contributed by atoms with Crippen molar-refractivity contribution in [2.24, 2.45) is 0 Å². The first-order valence-corrected chi connectivity index (χ1v) is 13.5. The van der Waals surface area contributed by atoms with Crippen LogP contribution in [-0.2, 0) is 22.7 Å². The number of amides is 2. The van der Waals surface area contributed by atoms with E-state index in [0.717, 1.165) is 43.7 Å². The highest BCUT2D eigenvalue weighted by Gasteiger charge is 2.41. The number of halogens is 2. The lowest BCUT2D eigenvalue weighted by Crippen LogP contribution is -2.53. The standard InChI is InChI=1S/C26H28Cl2N4O2S/c27-20-2-1-3-21(24(20)28)32-17-5-6-18(32)14-30(13-17)11-15-4-7-19-16(10-15)12-31(26(19)35)22-8-9-23(33)29-25(22)34/h1-4,7,10,17-18,22,26,35H,5-6,8-9,11-14H2,(H,29,33,34). The lowest BCUT2D eigenvalue weighted by atomic mass is 10.0. The topological polar surface area (TPSA) is 55.9 Å². The van der Waals surface area contributed by atoms with Gasteiger partial charge in [-0.05, 0) is 48.1 Å². The van der Waals surface area contributed by atoms with Crippen LogP contribution in [0.3, 0.4) is 0 Å². The number of nitrogens with zero attached hydrogens (tertiary/aromatic N) is 3. The monoisotopic (exact) mass is 530 g/mol. The normalized spacial score (nSPS) is 28.9. The zero-order chi connectivity index (χ0) is 24.3. The van der Waals surface area contributed by atoms with Crippen LogP contribution < -0.4 is 10.2 Å². The van der Waals surface area contributed by atoms with Gasteiger partial charge in [-0.1, -0.05) is 47.5 Å². The van der Waals surface area contributed by atoms with Crippen molar-refractivity contribution in [2.75, 3.05) is 18.0 Å². The molecule has 3 saturated heterocycles. The highest BCUT2D eigenvalue weighted by Crippen LogP contribution is 2.42. The number of carbonyl (C=O) groups excluding carboxylic acids is 2. The molecule has 1 N–H and O–H groups in total. The van der Waals surface area contributed by atoms with Crippen molar-refractivity contribution in [1.29, 1.82) is 0 Å². The number of piperidine rings is 1. The molecule has 3 fully saturated rings. The molecular weight excluding hydrogens is 503 g/mol. The Hall–Kier alpha value is -1.77. The minimum absolute atomic E-state index is 0.134. The maximum absolute atomic E-state index is 12.4. The molecule has 9 heteroatoms. The van der Waals surface area contributed by atoms with E-state index in [1.54, 1.807) is 0 Å². The van der Waals surface area contributed by atoms with Gasteiger partial charge < -0.3 is 4.90 Å². The summed E-state index contributed by atoms with van der Waals surface area (Å²) in [6.07, 6.45) is 3.25. The van der Waals surface area contributed by atoms with E-state index in [0.29, 0.717) is 41.5 Å². The molecule has 4 unspecified atom stereocenters. The largest absolute Gasteiger partial charge is 0.362 e. The van der Waals surface area contributed by atoms with Crippen molar-refractivity contribution in [3.05, 3.63) is 63.1 Å². The zero-order valence-electron chi connectivity index (χ0n) is 19.3. The molecule has 35 heavy (non-hydrogen) atoms. The first-order chi connectivity index (χ1) is 16.9. The average Bonchev–Trinajstić information content (AvgIpc) is 3.28. The van der Waals surface area contributed by atoms with Crippen molar-refractivity contribution in [3.8, 4) is 0 Å². The van der Waals surface area contributed by atoms with Crippen LogP contribution in [0.1, 0.15) is 47.7 Å². The van der Waals surface area contributed by atoms with Crippen LogP contribution in [0.5, 0.6) is 0 Å². The summed E-state index contributed by atoms with van der Waals surface area (Å²) >= 11 is 17.7. The van der Waals surface area contributed by atoms with E-state index in [1.165, 1.54) is 11.1 Å². The molecule has 2 aromatic carbocycles. The Morgan fingerprint density at radius 3 is 2.54 bits per heavy atom. The third-order valence-corrected chi connectivity index (χ3v) is 9.32. The fourth-order valence-electron chi connectivity index (χ4n) is 6.35. The van der Waals surface area contributed by atoms with E-state index in [-0.39, 0.29) is 23.2 Å². The highest BCUT2D eigenvalue weighted by atomic mass is 35.5. The Kier molecular flexibility index (Phi) is 6.26. The van der Waals surface area contributed by atoms with Crippen molar-refractivity contribution in [3.63, 3.8) is 0 Å². The SMILES string of the molecule is O=C1CCC(N2Cc3cc(CN4CC5CCC(C4)N5c4cccc(Cl)c4Cl)ccc3C2S)C(=O)N1. The van der Waals surface area contributed by atoms with Crippen molar-refractivity contribution < 1.29 is 9.59 Å². The number of thiol groups is 1. The maximum atomic E-state index is 12.4. The number of piperazine rings is 1. The molecular formula is C26H28Cl2N4O2S. The minimum atomic E-state index is -0.312. The van der Waals surface area contributed by atoms with Gasteiger partial charge in [0.1, 0.15) is 0 Å². The number of hydrogen-bond donors (Lipinski definition) is 2. The second-order valence-corrected chi connectivity index (χ2v) is 11.4. The summed E-state index contributed by atoms with van der Waals surface area (Å²) in [4.78, 5) is 31.1. The Morgan fingerprint density at radius 2 is 1.80 bits per heavy atom. The van der Waals surface area contributed by atoms with Crippen molar-refractivity contribution >= 4 is 53.3 Å². The molecule has 4 heterocycles. The predicted molar refractivity (Wildman–Crippen MR) is 141 cm³/mol. The van der Waals surface area contributed by atoms with Gasteiger partial charge in [-0.2, -0.15) is 12.6 Å². The smallest absolute Gasteiger partial charge is 0.243 e. The van der Waals surface area contributed by atoms with Gasteiger partial charge in [0.15, 0.2) is 0 Å². The third kappa shape index (κ3) is 4.25. The van der Waals surface area contributed by atoms with Gasteiger partial charge in [-0.15, -0.1) is 0 Å². The Labute approximate surface area is 220 Å². The lowest BCUT2D eigenvalue weighted by molar-refractivity contribution is -0.137. The van der Waals surface area contributed by atoms with Crippen LogP contribution in [0.25, 0.3) is 0 Å². The van der Waals surface area contributed by atoms with Gasteiger partial charge in [-0.25, -0.2) is 0 Å². The second kappa shape index (κ2) is 9.27. The summed E-state index contributed by atoms with van der Waals surface area (Å²) in [5, 5.41) is 3.60. The molecule has 2 amide bonds. The number of hydrogen-bond acceptors (Lipinski definition) is 6. The van der Waals surface area contributed by atoms with Crippen LogP contribution in [-0.4, -0.2) is 52.8 Å². The fraction of sp³-hybridized carbons (Fsp3) is 0.462. The molecule has 0 radical (unpaired) electrons. The summed E-state index contributed by atoms with van der Waals surface area (Å²) in [5.74, 6) is -0.394. The zero-order valence-corrected chi connectivity index (χ0v) is 21.7. The molecule has 2 bridgehead atoms. The fourth-order valence-corrected chi connectivity index (χ4v) is 7.24. The van der Waals surface area contributed by atoms with Gasteiger partial charge in [0.2, 0.25) is 11.8 Å². The number of imide groups is 1. The summed E-state index contributed by atoms with van der Waals surface area (Å²) < 4.78 is 0. The van der Waals surface area contributed by atoms with E-state index < -0.39 is 0 Å². The first kappa shape index (κ1) is 23.6. The number of rotatable bonds is 4. The number of benzene rings is 2. The Bertz CT molecular complexity index is 1180. The van der Waals surface area contributed by atoms with Gasteiger partial charge in [0, 0.05) is 44.7 Å². The molecule has 0 spiro atoms. The van der Waals surface area contributed by atoms with E-state index in [2.05, 4.69) is 44.3 Å². The molecule has 6 rings (SSSR count). The van der Waals surface area contributed by atoms with Gasteiger partial charge in [0.25, 0.3) is 0 Å². The van der Waals surface area contributed by atoms with Gasteiger partial charge >= 0.3 is 0 Å². The van der Waals surface area contributed by atoms with E-state index >= 15 is 0 Å². The van der Waals surface area contributed by atoms with Crippen LogP contribution in [0, 0.1) is 0 Å². The maximum Gasteiger partial charge on any atom is 0.243 e. The summed E-state index contributed by atoms with van der Waals surface area (Å²) in [7, 11) is 0. The second-order valence-electron chi connectivity index (χ2n) is 10.1. The molecule has 0 aliphatic carbocycles. The van der Waals surface area contributed by atoms with Crippen LogP contribution in [0.2, 0.25) is 10.0 Å². The molecule has 0 aromatic heterocycles. The minimum Gasteiger partial charge on any atom is -0.362 e. The first-order valence-electron chi connectivity index (χ1n) is 12.2. The van der Waals surface area contributed by atoms with Crippen LogP contribution in [0.4, 0.5) is 5.69 Å². The van der Waals surface area contributed by atoms with E-state index in [9.17, 15) is 9.59 Å². The molecule has 0 saturated carbocycles. The third-order valence-electron chi connectivity index (χ3n) is 7.94. The number of fused-ring (bicyclic) bond motifs is 3. The van der Waals surface area contributed by atoms with Gasteiger partial charge in [0.05, 0.1) is 27.1 Å². The molecule has 2 aromatic rings. The van der Waals surface area contributed by atoms with Gasteiger partial charge in [-0.3, -0.25) is 24.7 Å². The number of carbonyl (C=O) groups is 2. The molecule has 4 aliphatic heterocycles. The Morgan fingerprint density at radius 1 is 1.03 bits per heavy atom. The predicted octanol–water partition coefficient (Wildman–Crippen LogP) is 4.40. The number of nitrogens with one attached hydrogen (secondary N) is 1. The molecule has 4 aliphatic rings. The number of likely N-dealkylation sites (tertiary alicyclic amines) is 1. The van der Waals surface area contributed by atoms with Crippen molar-refractivity contribution in [2.45, 2.75) is 62.3 Å². The van der Waals surface area contributed by atoms with Crippen LogP contribution in [0.15, 0.2) is 36.4 Å². The number of anilines is 1. The quantitative estimate of drug-likeness (QED) is 0.453. The molecule has 4 atom stereocenters. The Balaban J connectivity index is 1.14. The summed E-state index contributed by atoms with van der Waals surface area (Å²) in [6.45, 7) is 3.56. The van der Waals surface area contributed by atoms with Crippen molar-refractivity contribution in [1.82, 2.24) is 15.1 Å². The summed E-state index contributed by atoms with van der Waals surface area (Å²) in [5.41, 5.74) is 4.71. The van der Waals surface area contributed by atoms with Crippen LogP contribution >= 0.6 is 35.8 Å². The van der Waals surface area contributed by atoms with E-state index in [1.807, 2.05) is 12.1 Å². The highest BCUT2D eigenvalue weighted by molar-refractivity contribution is 7.80. The summed E-state index contributed by atoms with van der Waals surface area (Å²) in [6, 6.07) is 13.1.